The SMILES string of the molecule is COc1ccc(-c2cc(CN3CC(C(=O)O)Cc4c3cnn4C)on2)cc1. The van der Waals surface area contributed by atoms with Gasteiger partial charge in [0, 0.05) is 31.6 Å². The molecule has 0 aliphatic carbocycles. The third-order valence-electron chi connectivity index (χ3n) is 4.90. The smallest absolute Gasteiger partial charge is 0.308 e. The van der Waals surface area contributed by atoms with Gasteiger partial charge in [0.1, 0.15) is 11.4 Å². The zero-order chi connectivity index (χ0) is 19.0. The van der Waals surface area contributed by atoms with Crippen molar-refractivity contribution in [3.05, 3.63) is 48.0 Å². The van der Waals surface area contributed by atoms with Crippen LogP contribution in [0.2, 0.25) is 0 Å². The van der Waals surface area contributed by atoms with Gasteiger partial charge >= 0.3 is 5.97 Å². The molecule has 0 fully saturated rings. The summed E-state index contributed by atoms with van der Waals surface area (Å²) in [6, 6.07) is 9.45. The Balaban J connectivity index is 1.56. The maximum absolute atomic E-state index is 11.5. The molecule has 8 heteroatoms. The first kappa shape index (κ1) is 17.1. The number of hydrogen-bond donors (Lipinski definition) is 1. The first-order valence-corrected chi connectivity index (χ1v) is 8.64. The van der Waals surface area contributed by atoms with Gasteiger partial charge < -0.3 is 19.3 Å². The summed E-state index contributed by atoms with van der Waals surface area (Å²) in [5.74, 6) is 0.168. The second kappa shape index (κ2) is 6.79. The van der Waals surface area contributed by atoms with E-state index in [1.54, 1.807) is 18.0 Å². The van der Waals surface area contributed by atoms with Gasteiger partial charge in [0.15, 0.2) is 5.76 Å². The Hall–Kier alpha value is -3.29. The number of hydrogen-bond acceptors (Lipinski definition) is 6. The molecule has 0 saturated heterocycles. The molecular weight excluding hydrogens is 348 g/mol. The number of fused-ring (bicyclic) bond motifs is 1. The van der Waals surface area contributed by atoms with Crippen molar-refractivity contribution in [3.8, 4) is 17.0 Å². The van der Waals surface area contributed by atoms with E-state index in [1.807, 2.05) is 42.3 Å². The third kappa shape index (κ3) is 3.25. The van der Waals surface area contributed by atoms with Gasteiger partial charge in [-0.25, -0.2) is 0 Å². The van der Waals surface area contributed by atoms with E-state index in [0.717, 1.165) is 28.4 Å². The Bertz CT molecular complexity index is 961. The summed E-state index contributed by atoms with van der Waals surface area (Å²) >= 11 is 0. The van der Waals surface area contributed by atoms with Crippen LogP contribution in [-0.4, -0.2) is 39.7 Å². The Morgan fingerprint density at radius 3 is 2.85 bits per heavy atom. The Labute approximate surface area is 155 Å². The summed E-state index contributed by atoms with van der Waals surface area (Å²) in [7, 11) is 3.45. The van der Waals surface area contributed by atoms with Crippen LogP contribution in [0, 0.1) is 5.92 Å². The van der Waals surface area contributed by atoms with Crippen LogP contribution < -0.4 is 9.64 Å². The maximum Gasteiger partial charge on any atom is 0.308 e. The van der Waals surface area contributed by atoms with Gasteiger partial charge in [-0.1, -0.05) is 5.16 Å². The van der Waals surface area contributed by atoms with Crippen LogP contribution in [0.1, 0.15) is 11.5 Å². The predicted molar refractivity (Wildman–Crippen MR) is 97.6 cm³/mol. The molecular formula is C19H20N4O4. The summed E-state index contributed by atoms with van der Waals surface area (Å²) in [6.07, 6.45) is 2.25. The zero-order valence-electron chi connectivity index (χ0n) is 15.1. The Morgan fingerprint density at radius 1 is 1.37 bits per heavy atom. The summed E-state index contributed by atoms with van der Waals surface area (Å²) in [5, 5.41) is 17.9. The molecule has 4 rings (SSSR count). The summed E-state index contributed by atoms with van der Waals surface area (Å²) < 4.78 is 12.4. The van der Waals surface area contributed by atoms with E-state index in [0.29, 0.717) is 25.3 Å². The topological polar surface area (TPSA) is 93.6 Å². The fourth-order valence-electron chi connectivity index (χ4n) is 3.40. The molecule has 0 bridgehead atoms. The lowest BCUT2D eigenvalue weighted by atomic mass is 9.97. The molecule has 0 spiro atoms. The van der Waals surface area contributed by atoms with Crippen molar-refractivity contribution in [3.63, 3.8) is 0 Å². The molecule has 3 aromatic rings. The van der Waals surface area contributed by atoms with Crippen LogP contribution in [0.4, 0.5) is 5.69 Å². The average molecular weight is 368 g/mol. The molecule has 27 heavy (non-hydrogen) atoms. The van der Waals surface area contributed by atoms with Crippen molar-refractivity contribution >= 4 is 11.7 Å². The van der Waals surface area contributed by atoms with Crippen LogP contribution in [0.25, 0.3) is 11.3 Å². The number of ether oxygens (including phenoxy) is 1. The Kier molecular flexibility index (Phi) is 4.31. The van der Waals surface area contributed by atoms with E-state index < -0.39 is 11.9 Å². The molecule has 1 atom stereocenters. The number of methoxy groups -OCH3 is 1. The fraction of sp³-hybridized carbons (Fsp3) is 0.316. The average Bonchev–Trinajstić information content (AvgIpc) is 3.29. The molecule has 8 nitrogen and oxygen atoms in total. The largest absolute Gasteiger partial charge is 0.497 e. The molecule has 1 aliphatic heterocycles. The summed E-state index contributed by atoms with van der Waals surface area (Å²) in [4.78, 5) is 13.5. The Morgan fingerprint density at radius 2 is 2.15 bits per heavy atom. The van der Waals surface area contributed by atoms with Crippen molar-refractivity contribution in [2.45, 2.75) is 13.0 Å². The second-order valence-corrected chi connectivity index (χ2v) is 6.63. The van der Waals surface area contributed by atoms with Crippen molar-refractivity contribution in [2.75, 3.05) is 18.6 Å². The minimum atomic E-state index is -0.802. The van der Waals surface area contributed by atoms with E-state index in [1.165, 1.54) is 0 Å². The number of carboxylic acid groups (broad SMARTS) is 1. The maximum atomic E-state index is 11.5. The van der Waals surface area contributed by atoms with Crippen molar-refractivity contribution in [2.24, 2.45) is 13.0 Å². The number of carbonyl (C=O) groups is 1. The molecule has 1 aromatic carbocycles. The molecule has 140 valence electrons. The van der Waals surface area contributed by atoms with Crippen LogP contribution in [0.3, 0.4) is 0 Å². The summed E-state index contributed by atoms with van der Waals surface area (Å²) in [5.41, 5.74) is 3.52. The van der Waals surface area contributed by atoms with Gasteiger partial charge in [0.25, 0.3) is 0 Å². The quantitative estimate of drug-likeness (QED) is 0.739. The number of aromatic nitrogens is 3. The van der Waals surface area contributed by atoms with E-state index in [9.17, 15) is 9.90 Å². The number of nitrogens with zero attached hydrogens (tertiary/aromatic N) is 4. The highest BCUT2D eigenvalue weighted by atomic mass is 16.5. The van der Waals surface area contributed by atoms with Crippen LogP contribution in [-0.2, 0) is 24.8 Å². The minimum Gasteiger partial charge on any atom is -0.497 e. The number of anilines is 1. The summed E-state index contributed by atoms with van der Waals surface area (Å²) in [6.45, 7) is 0.845. The molecule has 0 amide bonds. The molecule has 0 radical (unpaired) electrons. The molecule has 0 saturated carbocycles. The van der Waals surface area contributed by atoms with Gasteiger partial charge in [-0.3, -0.25) is 9.48 Å². The van der Waals surface area contributed by atoms with E-state index >= 15 is 0 Å². The molecule has 2 aromatic heterocycles. The van der Waals surface area contributed by atoms with E-state index in [2.05, 4.69) is 10.3 Å². The highest BCUT2D eigenvalue weighted by Crippen LogP contribution is 2.31. The normalized spacial score (nSPS) is 16.2. The fourth-order valence-corrected chi connectivity index (χ4v) is 3.40. The number of rotatable bonds is 5. The molecule has 1 aliphatic rings. The third-order valence-corrected chi connectivity index (χ3v) is 4.90. The second-order valence-electron chi connectivity index (χ2n) is 6.63. The highest BCUT2D eigenvalue weighted by Gasteiger charge is 2.32. The van der Waals surface area contributed by atoms with Gasteiger partial charge in [-0.2, -0.15) is 5.10 Å². The van der Waals surface area contributed by atoms with Gasteiger partial charge in [0.05, 0.1) is 37.2 Å². The number of aliphatic carboxylic acids is 1. The van der Waals surface area contributed by atoms with Crippen molar-refractivity contribution in [1.82, 2.24) is 14.9 Å². The predicted octanol–water partition coefficient (Wildman–Crippen LogP) is 2.35. The van der Waals surface area contributed by atoms with Gasteiger partial charge in [-0.15, -0.1) is 0 Å². The number of aryl methyl sites for hydroxylation is 1. The minimum absolute atomic E-state index is 0.409. The molecule has 3 heterocycles. The van der Waals surface area contributed by atoms with Crippen LogP contribution in [0.15, 0.2) is 41.1 Å². The van der Waals surface area contributed by atoms with E-state index in [4.69, 9.17) is 9.26 Å². The molecule has 1 unspecified atom stereocenters. The van der Waals surface area contributed by atoms with Crippen molar-refractivity contribution in [1.29, 1.82) is 0 Å². The van der Waals surface area contributed by atoms with Gasteiger partial charge in [-0.05, 0) is 24.3 Å². The highest BCUT2D eigenvalue weighted by molar-refractivity contribution is 5.73. The lowest BCUT2D eigenvalue weighted by Gasteiger charge is -2.31. The van der Waals surface area contributed by atoms with Crippen molar-refractivity contribution < 1.29 is 19.2 Å². The lowest BCUT2D eigenvalue weighted by Crippen LogP contribution is -2.38. The van der Waals surface area contributed by atoms with Crippen LogP contribution in [0.5, 0.6) is 5.75 Å². The number of carboxylic acids is 1. The van der Waals surface area contributed by atoms with E-state index in [-0.39, 0.29) is 0 Å². The van der Waals surface area contributed by atoms with Crippen LogP contribution >= 0.6 is 0 Å². The molecule has 1 N–H and O–H groups in total. The standard InChI is InChI=1S/C19H20N4O4/c1-22-17-7-13(19(24)25)10-23(18(17)9-20-22)11-15-8-16(21-27-15)12-3-5-14(26-2)6-4-12/h3-6,8-9,13H,7,10-11H2,1-2H3,(H,24,25). The number of benzene rings is 1. The van der Waals surface area contributed by atoms with Gasteiger partial charge in [0.2, 0.25) is 0 Å². The monoisotopic (exact) mass is 368 g/mol. The zero-order valence-corrected chi connectivity index (χ0v) is 15.1. The first-order valence-electron chi connectivity index (χ1n) is 8.64. The first-order chi connectivity index (χ1) is 13.0. The lowest BCUT2D eigenvalue weighted by molar-refractivity contribution is -0.141.